The molecule has 7 nitrogen and oxygen atoms in total. The van der Waals surface area contributed by atoms with Gasteiger partial charge in [-0.2, -0.15) is 0 Å². The van der Waals surface area contributed by atoms with E-state index < -0.39 is 0 Å². The van der Waals surface area contributed by atoms with Crippen LogP contribution in [-0.4, -0.2) is 60.5 Å². The van der Waals surface area contributed by atoms with E-state index in [4.69, 9.17) is 4.42 Å². The lowest BCUT2D eigenvalue weighted by molar-refractivity contribution is 0.0900. The average molecular weight is 315 g/mol. The van der Waals surface area contributed by atoms with E-state index in [0.717, 1.165) is 25.5 Å². The minimum atomic E-state index is -0.223. The smallest absolute Gasteiger partial charge is 0.288 e. The molecule has 2 aromatic heterocycles. The third kappa shape index (κ3) is 3.68. The molecule has 0 spiro atoms. The van der Waals surface area contributed by atoms with Crippen LogP contribution in [0.25, 0.3) is 0 Å². The molecule has 1 fully saturated rings. The van der Waals surface area contributed by atoms with Gasteiger partial charge in [-0.05, 0) is 26.2 Å². The number of anilines is 1. The number of oxazole rings is 1. The van der Waals surface area contributed by atoms with Crippen LogP contribution in [0.5, 0.6) is 0 Å². The number of nitrogens with one attached hydrogen (secondary N) is 1. The van der Waals surface area contributed by atoms with Crippen molar-refractivity contribution in [2.45, 2.75) is 6.04 Å². The molecule has 0 unspecified atom stereocenters. The van der Waals surface area contributed by atoms with E-state index in [1.807, 2.05) is 32.3 Å². The lowest BCUT2D eigenvalue weighted by atomic mass is 10.0. The van der Waals surface area contributed by atoms with E-state index in [9.17, 15) is 4.79 Å². The number of pyridine rings is 1. The standard InChI is InChI=1S/C16H21N5O2/c1-20(2)8-12-9-21(15-5-3-4-6-18-15)10-13(12)19-16(22)14-7-17-11-23-14/h3-7,11-13H,8-10H2,1-2H3,(H,19,22)/t12-,13-/m1/s1. The zero-order valence-corrected chi connectivity index (χ0v) is 13.3. The van der Waals surface area contributed by atoms with Crippen LogP contribution in [0.2, 0.25) is 0 Å². The molecule has 2 aromatic rings. The van der Waals surface area contributed by atoms with Gasteiger partial charge in [-0.15, -0.1) is 0 Å². The Bertz CT molecular complexity index is 629. The van der Waals surface area contributed by atoms with Gasteiger partial charge in [0.15, 0.2) is 6.39 Å². The number of rotatable bonds is 5. The van der Waals surface area contributed by atoms with Crippen molar-refractivity contribution in [3.8, 4) is 0 Å². The fraction of sp³-hybridized carbons (Fsp3) is 0.438. The monoisotopic (exact) mass is 315 g/mol. The summed E-state index contributed by atoms with van der Waals surface area (Å²) in [5.74, 6) is 1.27. The maximum absolute atomic E-state index is 12.2. The minimum Gasteiger partial charge on any atom is -0.438 e. The van der Waals surface area contributed by atoms with Crippen molar-refractivity contribution in [3.63, 3.8) is 0 Å². The minimum absolute atomic E-state index is 0.0389. The number of carbonyl (C=O) groups is 1. The van der Waals surface area contributed by atoms with E-state index in [1.54, 1.807) is 6.20 Å². The molecule has 23 heavy (non-hydrogen) atoms. The predicted molar refractivity (Wildman–Crippen MR) is 86.3 cm³/mol. The Balaban J connectivity index is 1.72. The fourth-order valence-corrected chi connectivity index (χ4v) is 2.98. The van der Waals surface area contributed by atoms with E-state index >= 15 is 0 Å². The first-order valence-electron chi connectivity index (χ1n) is 7.63. The quantitative estimate of drug-likeness (QED) is 0.882. The van der Waals surface area contributed by atoms with Gasteiger partial charge in [0.05, 0.1) is 12.2 Å². The molecule has 0 radical (unpaired) electrons. The summed E-state index contributed by atoms with van der Waals surface area (Å²) in [7, 11) is 4.08. The third-order valence-corrected chi connectivity index (χ3v) is 3.99. The first kappa shape index (κ1) is 15.5. The van der Waals surface area contributed by atoms with Crippen LogP contribution in [0.15, 0.2) is 41.4 Å². The SMILES string of the molecule is CN(C)C[C@@H]1CN(c2ccccn2)C[C@H]1NC(=O)c1cnco1. The molecular weight excluding hydrogens is 294 g/mol. The zero-order chi connectivity index (χ0) is 16.2. The molecule has 0 saturated carbocycles. The van der Waals surface area contributed by atoms with Crippen molar-refractivity contribution < 1.29 is 9.21 Å². The normalized spacial score (nSPS) is 20.9. The van der Waals surface area contributed by atoms with Crippen molar-refractivity contribution in [1.82, 2.24) is 20.2 Å². The number of carbonyl (C=O) groups excluding carboxylic acids is 1. The van der Waals surface area contributed by atoms with Crippen LogP contribution in [-0.2, 0) is 0 Å². The number of amides is 1. The van der Waals surface area contributed by atoms with E-state index in [1.165, 1.54) is 12.6 Å². The van der Waals surface area contributed by atoms with Gasteiger partial charge in [0, 0.05) is 31.7 Å². The summed E-state index contributed by atoms with van der Waals surface area (Å²) < 4.78 is 5.07. The first-order valence-corrected chi connectivity index (χ1v) is 7.63. The Kier molecular flexibility index (Phi) is 4.57. The second-order valence-corrected chi connectivity index (χ2v) is 6.06. The molecule has 2 atom stereocenters. The largest absolute Gasteiger partial charge is 0.438 e. The highest BCUT2D eigenvalue weighted by molar-refractivity contribution is 5.91. The van der Waals surface area contributed by atoms with Crippen LogP contribution in [0.4, 0.5) is 5.82 Å². The Morgan fingerprint density at radius 3 is 2.96 bits per heavy atom. The highest BCUT2D eigenvalue weighted by Crippen LogP contribution is 2.23. The molecular formula is C16H21N5O2. The van der Waals surface area contributed by atoms with E-state index in [-0.39, 0.29) is 17.7 Å². The topological polar surface area (TPSA) is 74.5 Å². The summed E-state index contributed by atoms with van der Waals surface area (Å²) in [5.41, 5.74) is 0. The third-order valence-electron chi connectivity index (χ3n) is 3.99. The molecule has 0 aliphatic carbocycles. The zero-order valence-electron chi connectivity index (χ0n) is 13.3. The van der Waals surface area contributed by atoms with Gasteiger partial charge in [0.1, 0.15) is 5.82 Å². The Morgan fingerprint density at radius 2 is 2.30 bits per heavy atom. The second kappa shape index (κ2) is 6.78. The van der Waals surface area contributed by atoms with Crippen molar-refractivity contribution >= 4 is 11.7 Å². The number of nitrogens with zero attached hydrogens (tertiary/aromatic N) is 4. The lowest BCUT2D eigenvalue weighted by Gasteiger charge is -2.22. The predicted octanol–water partition coefficient (Wildman–Crippen LogP) is 0.866. The van der Waals surface area contributed by atoms with Gasteiger partial charge in [-0.3, -0.25) is 4.79 Å². The first-order chi connectivity index (χ1) is 11.1. The van der Waals surface area contributed by atoms with Crippen molar-refractivity contribution in [2.75, 3.05) is 38.6 Å². The average Bonchev–Trinajstić information content (AvgIpc) is 3.18. The number of hydrogen-bond donors (Lipinski definition) is 1. The molecule has 0 aromatic carbocycles. The second-order valence-electron chi connectivity index (χ2n) is 6.06. The summed E-state index contributed by atoms with van der Waals surface area (Å²) in [6.07, 6.45) is 4.49. The molecule has 122 valence electrons. The molecule has 1 N–H and O–H groups in total. The number of aromatic nitrogens is 2. The van der Waals surface area contributed by atoms with Crippen LogP contribution in [0, 0.1) is 5.92 Å². The Morgan fingerprint density at radius 1 is 1.43 bits per heavy atom. The Labute approximate surface area is 135 Å². The van der Waals surface area contributed by atoms with Crippen molar-refractivity contribution in [2.24, 2.45) is 5.92 Å². The van der Waals surface area contributed by atoms with Crippen LogP contribution in [0.1, 0.15) is 10.6 Å². The molecule has 1 saturated heterocycles. The highest BCUT2D eigenvalue weighted by Gasteiger charge is 2.35. The van der Waals surface area contributed by atoms with Crippen molar-refractivity contribution in [3.05, 3.63) is 42.7 Å². The Hall–Kier alpha value is -2.41. The van der Waals surface area contributed by atoms with Gasteiger partial charge in [-0.25, -0.2) is 9.97 Å². The van der Waals surface area contributed by atoms with Crippen LogP contribution in [0.3, 0.4) is 0 Å². The van der Waals surface area contributed by atoms with Gasteiger partial charge >= 0.3 is 0 Å². The summed E-state index contributed by atoms with van der Waals surface area (Å²) in [6.45, 7) is 2.48. The van der Waals surface area contributed by atoms with E-state index in [2.05, 4.69) is 25.1 Å². The lowest BCUT2D eigenvalue weighted by Crippen LogP contribution is -2.43. The molecule has 3 heterocycles. The van der Waals surface area contributed by atoms with Gasteiger partial charge in [-0.1, -0.05) is 6.07 Å². The summed E-state index contributed by atoms with van der Waals surface area (Å²) in [6, 6.07) is 5.91. The molecule has 3 rings (SSSR count). The van der Waals surface area contributed by atoms with Gasteiger partial charge < -0.3 is 19.5 Å². The summed E-state index contributed by atoms with van der Waals surface area (Å²) in [5, 5.41) is 3.07. The molecule has 1 aliphatic heterocycles. The fourth-order valence-electron chi connectivity index (χ4n) is 2.98. The van der Waals surface area contributed by atoms with Gasteiger partial charge in [0.25, 0.3) is 5.91 Å². The number of hydrogen-bond acceptors (Lipinski definition) is 6. The maximum atomic E-state index is 12.2. The van der Waals surface area contributed by atoms with Crippen molar-refractivity contribution in [1.29, 1.82) is 0 Å². The molecule has 7 heteroatoms. The van der Waals surface area contributed by atoms with Crippen LogP contribution >= 0.6 is 0 Å². The van der Waals surface area contributed by atoms with E-state index in [0.29, 0.717) is 5.92 Å². The molecule has 0 bridgehead atoms. The highest BCUT2D eigenvalue weighted by atomic mass is 16.3. The maximum Gasteiger partial charge on any atom is 0.288 e. The summed E-state index contributed by atoms with van der Waals surface area (Å²) in [4.78, 5) is 24.8. The summed E-state index contributed by atoms with van der Waals surface area (Å²) >= 11 is 0. The van der Waals surface area contributed by atoms with Crippen LogP contribution < -0.4 is 10.2 Å². The molecule has 1 aliphatic rings. The molecule has 1 amide bonds. The van der Waals surface area contributed by atoms with Gasteiger partial charge in [0.2, 0.25) is 5.76 Å².